The third-order valence-electron chi connectivity index (χ3n) is 1.38. The number of rotatable bonds is 5. The van der Waals surface area contributed by atoms with Crippen molar-refractivity contribution in [2.24, 2.45) is 5.73 Å². The molecule has 3 N–H and O–H groups in total. The molecule has 0 unspecified atom stereocenters. The van der Waals surface area contributed by atoms with Gasteiger partial charge in [-0.15, -0.1) is 11.8 Å². The Kier molecular flexibility index (Phi) is 4.25. The summed E-state index contributed by atoms with van der Waals surface area (Å²) in [6.07, 6.45) is 6.63. The van der Waals surface area contributed by atoms with Gasteiger partial charge in [-0.2, -0.15) is 0 Å². The lowest BCUT2D eigenvalue weighted by Gasteiger charge is -1.98. The molecule has 1 rings (SSSR count). The van der Waals surface area contributed by atoms with Crippen molar-refractivity contribution in [1.82, 2.24) is 9.97 Å². The van der Waals surface area contributed by atoms with Crippen LogP contribution in [0.4, 0.5) is 0 Å². The summed E-state index contributed by atoms with van der Waals surface area (Å²) >= 11 is 1.64. The predicted octanol–water partition coefficient (Wildman–Crippen LogP) is 1.28. The van der Waals surface area contributed by atoms with Crippen molar-refractivity contribution < 1.29 is 0 Å². The van der Waals surface area contributed by atoms with Crippen LogP contribution in [0.5, 0.6) is 0 Å². The van der Waals surface area contributed by atoms with Crippen LogP contribution in [0.1, 0.15) is 12.8 Å². The quantitative estimate of drug-likeness (QED) is 0.322. The highest BCUT2D eigenvalue weighted by Gasteiger charge is 1.95. The van der Waals surface area contributed by atoms with Gasteiger partial charge in [0, 0.05) is 18.8 Å². The topological polar surface area (TPSA) is 75.7 Å². The van der Waals surface area contributed by atoms with E-state index in [1.165, 1.54) is 0 Å². The number of hydrogen-bond donors (Lipinski definition) is 2. The molecule has 0 aliphatic heterocycles. The van der Waals surface area contributed by atoms with Gasteiger partial charge in [-0.05, 0) is 12.2 Å². The molecule has 0 amide bonds. The Bertz CT molecular complexity index is 262. The number of thioether (sulfide) groups is 1. The minimum atomic E-state index is 0.250. The van der Waals surface area contributed by atoms with Gasteiger partial charge in [0.15, 0.2) is 0 Å². The first-order chi connectivity index (χ1) is 6.29. The van der Waals surface area contributed by atoms with Crippen molar-refractivity contribution in [3.05, 3.63) is 18.6 Å². The molecular weight excluding hydrogens is 184 g/mol. The third kappa shape index (κ3) is 4.47. The fourth-order valence-corrected chi connectivity index (χ4v) is 1.57. The molecule has 1 heterocycles. The van der Waals surface area contributed by atoms with E-state index in [0.717, 1.165) is 17.2 Å². The first-order valence-corrected chi connectivity index (χ1v) is 4.99. The van der Waals surface area contributed by atoms with E-state index >= 15 is 0 Å². The van der Waals surface area contributed by atoms with Gasteiger partial charge in [-0.1, -0.05) is 0 Å². The van der Waals surface area contributed by atoms with E-state index in [-0.39, 0.29) is 5.84 Å². The monoisotopic (exact) mass is 196 g/mol. The van der Waals surface area contributed by atoms with E-state index in [1.54, 1.807) is 30.4 Å². The number of nitrogens with two attached hydrogens (primary N) is 1. The summed E-state index contributed by atoms with van der Waals surface area (Å²) in [6, 6.07) is 0. The number of aromatic nitrogens is 2. The molecular formula is C8H12N4S. The van der Waals surface area contributed by atoms with Gasteiger partial charge in [0.05, 0.1) is 12.0 Å². The largest absolute Gasteiger partial charge is 0.388 e. The smallest absolute Gasteiger partial charge is 0.114 e. The standard InChI is InChI=1S/C8H12N4S/c9-7(10)2-1-5-13-8-6-11-3-4-12-8/h3-4,6H,1-2,5H2,(H3,9,10). The molecule has 0 saturated carbocycles. The molecule has 0 aromatic carbocycles. The molecule has 1 aromatic rings. The molecule has 4 nitrogen and oxygen atoms in total. The minimum Gasteiger partial charge on any atom is -0.388 e. The summed E-state index contributed by atoms with van der Waals surface area (Å²) in [5, 5.41) is 7.94. The molecule has 0 atom stereocenters. The van der Waals surface area contributed by atoms with Crippen LogP contribution >= 0.6 is 11.8 Å². The van der Waals surface area contributed by atoms with E-state index in [0.29, 0.717) is 6.42 Å². The minimum absolute atomic E-state index is 0.250. The zero-order valence-electron chi connectivity index (χ0n) is 7.23. The van der Waals surface area contributed by atoms with Crippen molar-refractivity contribution in [3.8, 4) is 0 Å². The lowest BCUT2D eigenvalue weighted by atomic mass is 10.3. The molecule has 70 valence electrons. The maximum Gasteiger partial charge on any atom is 0.114 e. The normalized spacial score (nSPS) is 9.85. The summed E-state index contributed by atoms with van der Waals surface area (Å²) in [5.74, 6) is 1.18. The van der Waals surface area contributed by atoms with E-state index in [2.05, 4.69) is 9.97 Å². The van der Waals surface area contributed by atoms with E-state index in [9.17, 15) is 0 Å². The SMILES string of the molecule is N=C(N)CCCSc1cnccn1. The average molecular weight is 196 g/mol. The van der Waals surface area contributed by atoms with Crippen LogP contribution in [0.2, 0.25) is 0 Å². The zero-order valence-corrected chi connectivity index (χ0v) is 8.05. The van der Waals surface area contributed by atoms with Gasteiger partial charge < -0.3 is 5.73 Å². The van der Waals surface area contributed by atoms with Crippen molar-refractivity contribution in [1.29, 1.82) is 5.41 Å². The Morgan fingerprint density at radius 3 is 3.00 bits per heavy atom. The molecule has 5 heteroatoms. The molecule has 1 aromatic heterocycles. The molecule has 0 fully saturated rings. The average Bonchev–Trinajstić information content (AvgIpc) is 2.14. The van der Waals surface area contributed by atoms with Gasteiger partial charge >= 0.3 is 0 Å². The van der Waals surface area contributed by atoms with Gasteiger partial charge in [0.2, 0.25) is 0 Å². The second kappa shape index (κ2) is 5.53. The van der Waals surface area contributed by atoms with E-state index < -0.39 is 0 Å². The summed E-state index contributed by atoms with van der Waals surface area (Å²) in [5.41, 5.74) is 5.22. The third-order valence-corrected chi connectivity index (χ3v) is 2.38. The zero-order chi connectivity index (χ0) is 9.52. The molecule has 0 radical (unpaired) electrons. The number of nitrogens with one attached hydrogen (secondary N) is 1. The first kappa shape index (κ1) is 9.98. The summed E-state index contributed by atoms with van der Waals surface area (Å²) in [7, 11) is 0. The molecule has 0 aliphatic rings. The lowest BCUT2D eigenvalue weighted by Crippen LogP contribution is -2.08. The van der Waals surface area contributed by atoms with Crippen LogP contribution in [0.15, 0.2) is 23.6 Å². The maximum absolute atomic E-state index is 7.02. The molecule has 0 bridgehead atoms. The summed E-state index contributed by atoms with van der Waals surface area (Å²) in [6.45, 7) is 0. The van der Waals surface area contributed by atoms with Crippen LogP contribution < -0.4 is 5.73 Å². The Labute approximate surface area is 81.5 Å². The number of nitrogens with zero attached hydrogens (tertiary/aromatic N) is 2. The summed E-state index contributed by atoms with van der Waals surface area (Å²) in [4.78, 5) is 8.06. The fourth-order valence-electron chi connectivity index (χ4n) is 0.799. The summed E-state index contributed by atoms with van der Waals surface area (Å²) < 4.78 is 0. The molecule has 13 heavy (non-hydrogen) atoms. The highest BCUT2D eigenvalue weighted by molar-refractivity contribution is 7.99. The predicted molar refractivity (Wildman–Crippen MR) is 53.9 cm³/mol. The number of hydrogen-bond acceptors (Lipinski definition) is 4. The Morgan fingerprint density at radius 1 is 1.54 bits per heavy atom. The van der Waals surface area contributed by atoms with Crippen molar-refractivity contribution >= 4 is 17.6 Å². The van der Waals surface area contributed by atoms with Gasteiger partial charge in [-0.3, -0.25) is 10.4 Å². The highest BCUT2D eigenvalue weighted by Crippen LogP contribution is 2.14. The molecule has 0 aliphatic carbocycles. The van der Waals surface area contributed by atoms with Crippen molar-refractivity contribution in [2.75, 3.05) is 5.75 Å². The van der Waals surface area contributed by atoms with Crippen molar-refractivity contribution in [3.63, 3.8) is 0 Å². The van der Waals surface area contributed by atoms with Crippen LogP contribution in [0.25, 0.3) is 0 Å². The molecule has 0 spiro atoms. The van der Waals surface area contributed by atoms with Gasteiger partial charge in [0.25, 0.3) is 0 Å². The first-order valence-electron chi connectivity index (χ1n) is 4.01. The number of amidine groups is 1. The van der Waals surface area contributed by atoms with Gasteiger partial charge in [-0.25, -0.2) is 4.98 Å². The molecule has 0 saturated heterocycles. The maximum atomic E-state index is 7.02. The Morgan fingerprint density at radius 2 is 2.38 bits per heavy atom. The second-order valence-electron chi connectivity index (χ2n) is 2.52. The van der Waals surface area contributed by atoms with Crippen LogP contribution in [-0.4, -0.2) is 21.6 Å². The van der Waals surface area contributed by atoms with Crippen molar-refractivity contribution in [2.45, 2.75) is 17.9 Å². The Hall–Kier alpha value is -1.10. The van der Waals surface area contributed by atoms with Gasteiger partial charge in [0.1, 0.15) is 5.03 Å². The van der Waals surface area contributed by atoms with E-state index in [1.807, 2.05) is 0 Å². The highest BCUT2D eigenvalue weighted by atomic mass is 32.2. The van der Waals surface area contributed by atoms with Crippen LogP contribution in [0.3, 0.4) is 0 Å². The van der Waals surface area contributed by atoms with Crippen LogP contribution in [0, 0.1) is 5.41 Å². The fraction of sp³-hybridized carbons (Fsp3) is 0.375. The van der Waals surface area contributed by atoms with Crippen LogP contribution in [-0.2, 0) is 0 Å². The lowest BCUT2D eigenvalue weighted by molar-refractivity contribution is 0.980. The second-order valence-corrected chi connectivity index (χ2v) is 3.64. The Balaban J connectivity index is 2.17. The van der Waals surface area contributed by atoms with E-state index in [4.69, 9.17) is 11.1 Å².